The van der Waals surface area contributed by atoms with Gasteiger partial charge in [-0.05, 0) is 46.9 Å². The van der Waals surface area contributed by atoms with E-state index in [1.165, 1.54) is 18.2 Å². The van der Waals surface area contributed by atoms with E-state index >= 15 is 0 Å². The van der Waals surface area contributed by atoms with Crippen LogP contribution in [0.4, 0.5) is 11.4 Å². The van der Waals surface area contributed by atoms with Gasteiger partial charge in [-0.3, -0.25) is 19.2 Å². The molecule has 0 saturated carbocycles. The molecule has 0 fully saturated rings. The Hall–Kier alpha value is -2.21. The van der Waals surface area contributed by atoms with E-state index in [0.717, 1.165) is 20.0 Å². The van der Waals surface area contributed by atoms with E-state index < -0.39 is 37.9 Å². The van der Waals surface area contributed by atoms with Gasteiger partial charge in [0.15, 0.2) is 4.90 Å². The van der Waals surface area contributed by atoms with Crippen molar-refractivity contribution in [1.29, 1.82) is 0 Å². The molecule has 2 aromatic carbocycles. The molecule has 0 amide bonds. The topological polar surface area (TPSA) is 118 Å². The fourth-order valence-electron chi connectivity index (χ4n) is 2.16. The summed E-state index contributed by atoms with van der Waals surface area (Å²) in [5.74, 6) is -1.17. The molecule has 132 valence electrons. The van der Waals surface area contributed by atoms with Gasteiger partial charge in [-0.25, -0.2) is 8.42 Å². The van der Waals surface area contributed by atoms with E-state index in [1.54, 1.807) is 18.2 Å². The summed E-state index contributed by atoms with van der Waals surface area (Å²) in [6.07, 6.45) is -0.439. The molecule has 0 radical (unpaired) electrons. The first kappa shape index (κ1) is 19.1. The van der Waals surface area contributed by atoms with E-state index in [2.05, 4.69) is 0 Å². The highest BCUT2D eigenvalue weighted by atomic mass is 127. The Balaban J connectivity index is 2.60. The highest BCUT2D eigenvalue weighted by Gasteiger charge is 2.32. The minimum absolute atomic E-state index is 0.242. The molecule has 0 atom stereocenters. The second-order valence-electron chi connectivity index (χ2n) is 4.93. The van der Waals surface area contributed by atoms with E-state index in [9.17, 15) is 23.3 Å². The van der Waals surface area contributed by atoms with Crippen molar-refractivity contribution >= 4 is 50.0 Å². The maximum atomic E-state index is 13.0. The summed E-state index contributed by atoms with van der Waals surface area (Å²) in [7, 11) is -4.32. The van der Waals surface area contributed by atoms with Gasteiger partial charge in [0.2, 0.25) is 0 Å². The summed E-state index contributed by atoms with van der Waals surface area (Å²) >= 11 is 1.99. The Morgan fingerprint density at radius 2 is 1.88 bits per heavy atom. The molecule has 10 heteroatoms. The highest BCUT2D eigenvalue weighted by molar-refractivity contribution is 14.1. The zero-order valence-electron chi connectivity index (χ0n) is 12.7. The van der Waals surface area contributed by atoms with Crippen LogP contribution >= 0.6 is 22.6 Å². The molecule has 0 heterocycles. The number of carbonyl (C=O) groups is 1. The lowest BCUT2D eigenvalue weighted by Crippen LogP contribution is -2.33. The van der Waals surface area contributed by atoms with Gasteiger partial charge in [-0.1, -0.05) is 18.2 Å². The summed E-state index contributed by atoms with van der Waals surface area (Å²) in [5, 5.41) is 20.1. The number of carboxylic acid groups (broad SMARTS) is 1. The first-order valence-electron chi connectivity index (χ1n) is 6.97. The first-order chi connectivity index (χ1) is 11.7. The maximum Gasteiger partial charge on any atom is 0.305 e. The number of para-hydroxylation sites is 1. The van der Waals surface area contributed by atoms with Crippen LogP contribution in [0.1, 0.15) is 6.42 Å². The van der Waals surface area contributed by atoms with Crippen molar-refractivity contribution in [3.05, 3.63) is 62.2 Å². The van der Waals surface area contributed by atoms with E-state index in [0.29, 0.717) is 0 Å². The maximum absolute atomic E-state index is 13.0. The van der Waals surface area contributed by atoms with Crippen molar-refractivity contribution in [3.63, 3.8) is 0 Å². The third-order valence-corrected chi connectivity index (χ3v) is 5.80. The zero-order chi connectivity index (χ0) is 18.6. The predicted molar refractivity (Wildman–Crippen MR) is 99.0 cm³/mol. The number of nitro benzene ring substituents is 1. The second-order valence-corrected chi connectivity index (χ2v) is 8.00. The third kappa shape index (κ3) is 4.45. The average Bonchev–Trinajstić information content (AvgIpc) is 2.54. The van der Waals surface area contributed by atoms with Gasteiger partial charge >= 0.3 is 5.97 Å². The standard InChI is InChI=1S/C15H13IN2O6S/c16-11-4-3-5-12(10-11)17(9-8-15(19)20)25(23,24)14-7-2-1-6-13(14)18(21)22/h1-7,10H,8-9H2,(H,19,20). The van der Waals surface area contributed by atoms with E-state index in [4.69, 9.17) is 5.11 Å². The van der Waals surface area contributed by atoms with Gasteiger partial charge in [0.25, 0.3) is 15.7 Å². The summed E-state index contributed by atoms with van der Waals surface area (Å²) in [6, 6.07) is 11.4. The molecule has 0 bridgehead atoms. The lowest BCUT2D eigenvalue weighted by molar-refractivity contribution is -0.387. The summed E-state index contributed by atoms with van der Waals surface area (Å²) < 4.78 is 27.6. The van der Waals surface area contributed by atoms with Crippen molar-refractivity contribution in [2.45, 2.75) is 11.3 Å². The van der Waals surface area contributed by atoms with Crippen molar-refractivity contribution < 1.29 is 23.2 Å². The summed E-state index contributed by atoms with van der Waals surface area (Å²) in [5.41, 5.74) is -0.320. The van der Waals surface area contributed by atoms with Crippen LogP contribution in [0.3, 0.4) is 0 Å². The zero-order valence-corrected chi connectivity index (χ0v) is 15.7. The monoisotopic (exact) mass is 476 g/mol. The first-order valence-corrected chi connectivity index (χ1v) is 9.49. The molecule has 0 aliphatic carbocycles. The Kier molecular flexibility index (Phi) is 5.95. The summed E-state index contributed by atoms with van der Waals surface area (Å²) in [6.45, 7) is -0.343. The molecule has 0 unspecified atom stereocenters. The minimum Gasteiger partial charge on any atom is -0.481 e. The van der Waals surface area contributed by atoms with Crippen LogP contribution in [0.5, 0.6) is 0 Å². The number of anilines is 1. The Morgan fingerprint density at radius 1 is 1.20 bits per heavy atom. The van der Waals surface area contributed by atoms with Crippen molar-refractivity contribution in [2.24, 2.45) is 0 Å². The molecule has 25 heavy (non-hydrogen) atoms. The number of aliphatic carboxylic acids is 1. The Bertz CT molecular complexity index is 916. The Labute approximate surface area is 157 Å². The second kappa shape index (κ2) is 7.78. The largest absolute Gasteiger partial charge is 0.481 e. The molecule has 0 aliphatic heterocycles. The van der Waals surface area contributed by atoms with Crippen LogP contribution < -0.4 is 4.31 Å². The van der Waals surface area contributed by atoms with Crippen molar-refractivity contribution in [3.8, 4) is 0 Å². The van der Waals surface area contributed by atoms with Gasteiger partial charge in [0, 0.05) is 16.2 Å². The number of carboxylic acids is 1. The van der Waals surface area contributed by atoms with Crippen LogP contribution in [0.15, 0.2) is 53.4 Å². The Morgan fingerprint density at radius 3 is 2.48 bits per heavy atom. The fraction of sp³-hybridized carbons (Fsp3) is 0.133. The van der Waals surface area contributed by atoms with Crippen LogP contribution in [0, 0.1) is 13.7 Å². The number of sulfonamides is 1. The SMILES string of the molecule is O=C(O)CCN(c1cccc(I)c1)S(=O)(=O)c1ccccc1[N+](=O)[O-]. The molecular weight excluding hydrogens is 463 g/mol. The lowest BCUT2D eigenvalue weighted by Gasteiger charge is -2.24. The van der Waals surface area contributed by atoms with Crippen molar-refractivity contribution in [2.75, 3.05) is 10.8 Å². The molecule has 0 saturated heterocycles. The molecular formula is C15H13IN2O6S. The summed E-state index contributed by atoms with van der Waals surface area (Å²) in [4.78, 5) is 20.8. The van der Waals surface area contributed by atoms with Gasteiger partial charge < -0.3 is 5.11 Å². The number of rotatable bonds is 7. The molecule has 0 aromatic heterocycles. The number of hydrogen-bond acceptors (Lipinski definition) is 5. The normalized spacial score (nSPS) is 11.1. The highest BCUT2D eigenvalue weighted by Crippen LogP contribution is 2.30. The number of nitro groups is 1. The lowest BCUT2D eigenvalue weighted by atomic mass is 10.3. The molecule has 2 aromatic rings. The minimum atomic E-state index is -4.32. The van der Waals surface area contributed by atoms with E-state index in [1.807, 2.05) is 22.6 Å². The number of nitrogens with zero attached hydrogens (tertiary/aromatic N) is 2. The smallest absolute Gasteiger partial charge is 0.305 e. The average molecular weight is 476 g/mol. The molecule has 0 aliphatic rings. The molecule has 1 N–H and O–H groups in total. The van der Waals surface area contributed by atoms with Crippen LogP contribution in [-0.4, -0.2) is 31.0 Å². The molecule has 8 nitrogen and oxygen atoms in total. The molecule has 0 spiro atoms. The van der Waals surface area contributed by atoms with Crippen LogP contribution in [0.25, 0.3) is 0 Å². The quantitative estimate of drug-likeness (QED) is 0.373. The number of hydrogen-bond donors (Lipinski definition) is 1. The number of halogens is 1. The predicted octanol–water partition coefficient (Wildman–Crippen LogP) is 2.87. The fourth-order valence-corrected chi connectivity index (χ4v) is 4.31. The van der Waals surface area contributed by atoms with Gasteiger partial charge in [-0.2, -0.15) is 0 Å². The number of benzene rings is 2. The van der Waals surface area contributed by atoms with Gasteiger partial charge in [0.1, 0.15) is 0 Å². The third-order valence-electron chi connectivity index (χ3n) is 3.25. The van der Waals surface area contributed by atoms with Gasteiger partial charge in [0.05, 0.1) is 17.0 Å². The van der Waals surface area contributed by atoms with E-state index in [-0.39, 0.29) is 12.2 Å². The van der Waals surface area contributed by atoms with Crippen LogP contribution in [-0.2, 0) is 14.8 Å². The van der Waals surface area contributed by atoms with Crippen molar-refractivity contribution in [1.82, 2.24) is 0 Å². The van der Waals surface area contributed by atoms with Gasteiger partial charge in [-0.15, -0.1) is 0 Å². The molecule has 2 rings (SSSR count). The van der Waals surface area contributed by atoms with Crippen LogP contribution in [0.2, 0.25) is 0 Å².